The first-order chi connectivity index (χ1) is 10.7. The van der Waals surface area contributed by atoms with Crippen molar-refractivity contribution in [3.05, 3.63) is 28.8 Å². The average molecular weight is 371 g/mol. The van der Waals surface area contributed by atoms with E-state index < -0.39 is 31.7 Å². The minimum atomic E-state index is -4.78. The van der Waals surface area contributed by atoms with Crippen LogP contribution in [0.3, 0.4) is 0 Å². The Labute approximate surface area is 138 Å². The Balaban J connectivity index is 2.44. The normalized spacial score (nSPS) is 20.7. The van der Waals surface area contributed by atoms with Crippen molar-refractivity contribution in [1.29, 1.82) is 0 Å². The summed E-state index contributed by atoms with van der Waals surface area (Å²) >= 11 is 5.82. The van der Waals surface area contributed by atoms with Crippen molar-refractivity contribution in [3.8, 4) is 0 Å². The molecule has 0 unspecified atom stereocenters. The Morgan fingerprint density at radius 3 is 2.70 bits per heavy atom. The smallest absolute Gasteiger partial charge is 0.319 e. The van der Waals surface area contributed by atoms with Gasteiger partial charge in [-0.2, -0.15) is 17.5 Å². The predicted molar refractivity (Wildman–Crippen MR) is 81.9 cm³/mol. The number of nitrogens with one attached hydrogen (secondary N) is 1. The van der Waals surface area contributed by atoms with Crippen LogP contribution in [0.2, 0.25) is 5.02 Å². The van der Waals surface area contributed by atoms with E-state index in [1.165, 1.54) is 6.07 Å². The first kappa shape index (κ1) is 18.5. The molecule has 1 N–H and O–H groups in total. The standard InChI is InChI=1S/C14H18ClF3N2O2S/c1-19-8-10-4-3-7-20(9-10)23(21,22)13-11(14(16,17)18)5-2-6-12(13)15/h2,5-6,10,19H,3-4,7-9H2,1H3/t10-/m1/s1. The van der Waals surface area contributed by atoms with Gasteiger partial charge in [0, 0.05) is 13.1 Å². The van der Waals surface area contributed by atoms with Crippen LogP contribution in [0, 0.1) is 5.92 Å². The summed E-state index contributed by atoms with van der Waals surface area (Å²) in [6.07, 6.45) is -3.34. The summed E-state index contributed by atoms with van der Waals surface area (Å²) in [5.74, 6) is 0.0698. The van der Waals surface area contributed by atoms with Crippen LogP contribution in [0.1, 0.15) is 18.4 Å². The van der Waals surface area contributed by atoms with Gasteiger partial charge in [0.05, 0.1) is 10.6 Å². The lowest BCUT2D eigenvalue weighted by Crippen LogP contribution is -2.43. The minimum absolute atomic E-state index is 0.0698. The van der Waals surface area contributed by atoms with E-state index in [2.05, 4.69) is 5.32 Å². The largest absolute Gasteiger partial charge is 0.417 e. The molecule has 0 saturated carbocycles. The van der Waals surface area contributed by atoms with Crippen molar-refractivity contribution < 1.29 is 21.6 Å². The van der Waals surface area contributed by atoms with Gasteiger partial charge in [0.15, 0.2) is 0 Å². The van der Waals surface area contributed by atoms with Crippen molar-refractivity contribution >= 4 is 21.6 Å². The van der Waals surface area contributed by atoms with Gasteiger partial charge in [-0.1, -0.05) is 17.7 Å². The molecule has 130 valence electrons. The van der Waals surface area contributed by atoms with Crippen molar-refractivity contribution in [1.82, 2.24) is 9.62 Å². The number of nitrogens with zero attached hydrogens (tertiary/aromatic N) is 1. The van der Waals surface area contributed by atoms with Gasteiger partial charge in [-0.15, -0.1) is 0 Å². The zero-order chi connectivity index (χ0) is 17.3. The fourth-order valence-corrected chi connectivity index (χ4v) is 5.10. The maximum Gasteiger partial charge on any atom is 0.417 e. The lowest BCUT2D eigenvalue weighted by molar-refractivity contribution is -0.139. The van der Waals surface area contributed by atoms with Gasteiger partial charge in [-0.3, -0.25) is 0 Å². The third-order valence-electron chi connectivity index (χ3n) is 3.84. The van der Waals surface area contributed by atoms with Gasteiger partial charge in [-0.25, -0.2) is 8.42 Å². The van der Waals surface area contributed by atoms with E-state index in [0.717, 1.165) is 22.9 Å². The molecule has 1 saturated heterocycles. The fourth-order valence-electron chi connectivity index (χ4n) is 2.82. The number of halogens is 4. The minimum Gasteiger partial charge on any atom is -0.319 e. The number of sulfonamides is 1. The molecule has 0 aliphatic carbocycles. The Morgan fingerprint density at radius 2 is 2.09 bits per heavy atom. The number of benzene rings is 1. The lowest BCUT2D eigenvalue weighted by Gasteiger charge is -2.32. The molecule has 0 bridgehead atoms. The van der Waals surface area contributed by atoms with E-state index in [0.29, 0.717) is 13.0 Å². The molecule has 1 atom stereocenters. The highest BCUT2D eigenvalue weighted by atomic mass is 35.5. The first-order valence-corrected chi connectivity index (χ1v) is 9.00. The highest BCUT2D eigenvalue weighted by Gasteiger charge is 2.41. The monoisotopic (exact) mass is 370 g/mol. The Kier molecular flexibility index (Phi) is 5.60. The lowest BCUT2D eigenvalue weighted by atomic mass is 10.00. The molecule has 4 nitrogen and oxygen atoms in total. The molecule has 0 amide bonds. The van der Waals surface area contributed by atoms with Crippen LogP contribution in [-0.2, 0) is 16.2 Å². The van der Waals surface area contributed by atoms with Gasteiger partial charge in [0.2, 0.25) is 10.0 Å². The van der Waals surface area contributed by atoms with Crippen LogP contribution < -0.4 is 5.32 Å². The number of piperidine rings is 1. The molecule has 1 heterocycles. The Hall–Kier alpha value is -0.830. The SMILES string of the molecule is CNC[C@H]1CCCN(S(=O)(=O)c2c(Cl)cccc2C(F)(F)F)C1. The van der Waals surface area contributed by atoms with E-state index >= 15 is 0 Å². The molecule has 1 aromatic rings. The second-order valence-electron chi connectivity index (χ2n) is 5.54. The number of hydrogen-bond acceptors (Lipinski definition) is 3. The molecule has 1 aromatic carbocycles. The molecule has 2 rings (SSSR count). The number of hydrogen-bond donors (Lipinski definition) is 1. The van der Waals surface area contributed by atoms with Crippen molar-refractivity contribution in [2.45, 2.75) is 23.9 Å². The van der Waals surface area contributed by atoms with E-state index in [4.69, 9.17) is 11.6 Å². The first-order valence-electron chi connectivity index (χ1n) is 7.18. The highest BCUT2D eigenvalue weighted by Crippen LogP contribution is 2.39. The van der Waals surface area contributed by atoms with Crippen LogP contribution >= 0.6 is 11.6 Å². The second kappa shape index (κ2) is 6.96. The summed E-state index contributed by atoms with van der Waals surface area (Å²) in [6.45, 7) is 0.997. The molecule has 0 aromatic heterocycles. The van der Waals surface area contributed by atoms with Gasteiger partial charge in [0.1, 0.15) is 4.90 Å². The molecule has 1 aliphatic heterocycles. The summed E-state index contributed by atoms with van der Waals surface area (Å²) in [4.78, 5) is -0.848. The average Bonchev–Trinajstić information content (AvgIpc) is 2.46. The maximum atomic E-state index is 13.2. The number of alkyl halides is 3. The summed E-state index contributed by atoms with van der Waals surface area (Å²) < 4.78 is 66.1. The quantitative estimate of drug-likeness (QED) is 0.886. The molecule has 0 spiro atoms. The maximum absolute atomic E-state index is 13.2. The van der Waals surface area contributed by atoms with E-state index in [-0.39, 0.29) is 19.0 Å². The Bertz CT molecular complexity index is 662. The van der Waals surface area contributed by atoms with Crippen LogP contribution in [-0.4, -0.2) is 39.4 Å². The third-order valence-corrected chi connectivity index (χ3v) is 6.24. The summed E-state index contributed by atoms with van der Waals surface area (Å²) in [5, 5.41) is 2.56. The van der Waals surface area contributed by atoms with Crippen LogP contribution in [0.5, 0.6) is 0 Å². The molecule has 9 heteroatoms. The van der Waals surface area contributed by atoms with Gasteiger partial charge < -0.3 is 5.32 Å². The fraction of sp³-hybridized carbons (Fsp3) is 0.571. The Morgan fingerprint density at radius 1 is 1.39 bits per heavy atom. The highest BCUT2D eigenvalue weighted by molar-refractivity contribution is 7.89. The van der Waals surface area contributed by atoms with Crippen LogP contribution in [0.15, 0.2) is 23.1 Å². The van der Waals surface area contributed by atoms with E-state index in [9.17, 15) is 21.6 Å². The molecular formula is C14H18ClF3N2O2S. The zero-order valence-electron chi connectivity index (χ0n) is 12.5. The molecule has 1 aliphatic rings. The molecule has 0 radical (unpaired) electrons. The summed E-state index contributed by atoms with van der Waals surface area (Å²) in [7, 11) is -2.55. The van der Waals surface area contributed by atoms with Gasteiger partial charge >= 0.3 is 6.18 Å². The molecular weight excluding hydrogens is 353 g/mol. The van der Waals surface area contributed by atoms with Gasteiger partial charge in [0.25, 0.3) is 0 Å². The van der Waals surface area contributed by atoms with Crippen LogP contribution in [0.4, 0.5) is 13.2 Å². The van der Waals surface area contributed by atoms with Crippen molar-refractivity contribution in [2.75, 3.05) is 26.7 Å². The third kappa shape index (κ3) is 3.99. The molecule has 23 heavy (non-hydrogen) atoms. The number of rotatable bonds is 4. The topological polar surface area (TPSA) is 49.4 Å². The second-order valence-corrected chi connectivity index (χ2v) is 7.83. The van der Waals surface area contributed by atoms with E-state index in [1.807, 2.05) is 0 Å². The van der Waals surface area contributed by atoms with Crippen molar-refractivity contribution in [2.24, 2.45) is 5.92 Å². The summed E-state index contributed by atoms with van der Waals surface area (Å²) in [6, 6.07) is 3.01. The van der Waals surface area contributed by atoms with Crippen LogP contribution in [0.25, 0.3) is 0 Å². The predicted octanol–water partition coefficient (Wildman–Crippen LogP) is 2.98. The van der Waals surface area contributed by atoms with E-state index in [1.54, 1.807) is 7.05 Å². The summed E-state index contributed by atoms with van der Waals surface area (Å²) in [5.41, 5.74) is -1.22. The van der Waals surface area contributed by atoms with Gasteiger partial charge in [-0.05, 0) is 44.5 Å². The zero-order valence-corrected chi connectivity index (χ0v) is 14.1. The molecule has 1 fully saturated rings. The van der Waals surface area contributed by atoms with Crippen molar-refractivity contribution in [3.63, 3.8) is 0 Å².